The van der Waals surface area contributed by atoms with Gasteiger partial charge in [0, 0.05) is 13.2 Å². The Kier molecular flexibility index (Phi) is 4.16. The fraction of sp³-hybridized carbons (Fsp3) is 0.154. The van der Waals surface area contributed by atoms with Gasteiger partial charge in [0.05, 0.1) is 15.1 Å². The number of hydrogen-bond acceptors (Lipinski definition) is 6. The highest BCUT2D eigenvalue weighted by atomic mass is 32.2. The maximum absolute atomic E-state index is 12.7. The smallest absolute Gasteiger partial charge is 0.302 e. The zero-order chi connectivity index (χ0) is 18.4. The van der Waals surface area contributed by atoms with E-state index in [9.17, 15) is 26.8 Å². The number of nitrogens with zero attached hydrogens (tertiary/aromatic N) is 3. The number of nitrogens with one attached hydrogen (secondary N) is 1. The molecule has 0 spiro atoms. The Morgan fingerprint density at radius 1 is 1.32 bits per heavy atom. The highest BCUT2D eigenvalue weighted by Gasteiger charge is 2.24. The summed E-state index contributed by atoms with van der Waals surface area (Å²) in [5.41, 5.74) is -0.0555. The van der Waals surface area contributed by atoms with Gasteiger partial charge < -0.3 is 4.57 Å². The highest BCUT2D eigenvalue weighted by Crippen LogP contribution is 2.21. The first kappa shape index (κ1) is 17.2. The molecule has 2 aromatic heterocycles. The van der Waals surface area contributed by atoms with Crippen molar-refractivity contribution in [3.05, 3.63) is 45.8 Å². The molecule has 0 radical (unpaired) electrons. The third kappa shape index (κ3) is 3.05. The Balaban J connectivity index is 1.95. The third-order valence-electron chi connectivity index (χ3n) is 3.39. The first-order chi connectivity index (χ1) is 11.7. The van der Waals surface area contributed by atoms with E-state index in [0.29, 0.717) is 10.2 Å². The Morgan fingerprint density at radius 3 is 2.72 bits per heavy atom. The monoisotopic (exact) mass is 388 g/mol. The van der Waals surface area contributed by atoms with Crippen molar-refractivity contribution < 1.29 is 22.0 Å². The van der Waals surface area contributed by atoms with E-state index in [-0.39, 0.29) is 14.5 Å². The molecule has 0 unspecified atom stereocenters. The van der Waals surface area contributed by atoms with Gasteiger partial charge in [-0.3, -0.25) is 9.59 Å². The zero-order valence-electron chi connectivity index (χ0n) is 12.5. The number of aromatic nitrogens is 3. The van der Waals surface area contributed by atoms with E-state index >= 15 is 0 Å². The molecule has 0 bridgehead atoms. The summed E-state index contributed by atoms with van der Waals surface area (Å²) in [6.07, 6.45) is 0.959. The van der Waals surface area contributed by atoms with E-state index in [4.69, 9.17) is 0 Å². The fourth-order valence-corrected chi connectivity index (χ4v) is 4.14. The number of thiazole rings is 1. The minimum atomic E-state index is -4.31. The van der Waals surface area contributed by atoms with Gasteiger partial charge in [0.25, 0.3) is 15.9 Å². The molecule has 0 aliphatic carbocycles. The molecule has 3 rings (SSSR count). The number of amides is 1. The molecule has 0 atom stereocenters. The fourth-order valence-electron chi connectivity index (χ4n) is 2.16. The molecule has 0 fully saturated rings. The van der Waals surface area contributed by atoms with Gasteiger partial charge in [-0.2, -0.15) is 18.6 Å². The summed E-state index contributed by atoms with van der Waals surface area (Å²) >= 11 is 0.849. The van der Waals surface area contributed by atoms with Gasteiger partial charge in [-0.25, -0.2) is 13.1 Å². The molecule has 8 nitrogen and oxygen atoms in total. The molecule has 12 heteroatoms. The maximum Gasteiger partial charge on any atom is 0.333 e. The Hall–Kier alpha value is -2.60. The van der Waals surface area contributed by atoms with Gasteiger partial charge in [-0.1, -0.05) is 11.3 Å². The lowest BCUT2D eigenvalue weighted by atomic mass is 10.3. The minimum absolute atomic E-state index is 0.108. The number of hydrogen-bond donors (Lipinski definition) is 1. The van der Waals surface area contributed by atoms with Crippen molar-refractivity contribution in [1.29, 1.82) is 0 Å². The first-order valence-electron chi connectivity index (χ1n) is 6.69. The van der Waals surface area contributed by atoms with Crippen LogP contribution in [0, 0.1) is 0 Å². The SMILES string of the molecule is Cn1c(=O)sc2cc(S(=O)(=O)NC(=O)c3ccnn3C(F)F)ccc21. The van der Waals surface area contributed by atoms with Crippen molar-refractivity contribution in [1.82, 2.24) is 19.1 Å². The van der Waals surface area contributed by atoms with Crippen LogP contribution in [0.25, 0.3) is 10.2 Å². The maximum atomic E-state index is 12.7. The average molecular weight is 388 g/mol. The molecule has 1 amide bonds. The van der Waals surface area contributed by atoms with E-state index in [0.717, 1.165) is 23.6 Å². The number of alkyl halides is 2. The summed E-state index contributed by atoms with van der Waals surface area (Å²) < 4.78 is 53.7. The Bertz CT molecular complexity index is 1130. The van der Waals surface area contributed by atoms with Crippen LogP contribution in [0.4, 0.5) is 8.78 Å². The first-order valence-corrected chi connectivity index (χ1v) is 8.99. The second-order valence-corrected chi connectivity index (χ2v) is 7.61. The third-order valence-corrected chi connectivity index (χ3v) is 5.71. The molecule has 132 valence electrons. The van der Waals surface area contributed by atoms with Gasteiger partial charge in [0.15, 0.2) is 0 Å². The number of benzene rings is 1. The summed E-state index contributed by atoms with van der Waals surface area (Å²) in [5.74, 6) is -1.24. The number of rotatable bonds is 4. The lowest BCUT2D eigenvalue weighted by Crippen LogP contribution is -2.32. The standard InChI is InChI=1S/C13H10F2N4O4S2/c1-18-8-3-2-7(6-10(8)24-13(18)21)25(22,23)17-11(20)9-4-5-16-19(9)12(14)15/h2-6,12H,1H3,(H,17,20). The van der Waals surface area contributed by atoms with Crippen molar-refractivity contribution >= 4 is 37.5 Å². The number of halogens is 2. The molecule has 0 aliphatic heterocycles. The average Bonchev–Trinajstić information content (AvgIpc) is 3.12. The molecular formula is C13H10F2N4O4S2. The van der Waals surface area contributed by atoms with Crippen molar-refractivity contribution in [3.63, 3.8) is 0 Å². The normalized spacial score (nSPS) is 12.0. The van der Waals surface area contributed by atoms with Gasteiger partial charge in [-0.15, -0.1) is 0 Å². The van der Waals surface area contributed by atoms with Crippen molar-refractivity contribution in [2.75, 3.05) is 0 Å². The molecule has 1 N–H and O–H groups in total. The second kappa shape index (κ2) is 6.04. The Morgan fingerprint density at radius 2 is 2.04 bits per heavy atom. The van der Waals surface area contributed by atoms with Gasteiger partial charge in [0.1, 0.15) is 5.69 Å². The van der Waals surface area contributed by atoms with Gasteiger partial charge >= 0.3 is 11.4 Å². The van der Waals surface area contributed by atoms with Crippen molar-refractivity contribution in [2.24, 2.45) is 7.05 Å². The van der Waals surface area contributed by atoms with Crippen LogP contribution in [0.15, 0.2) is 40.2 Å². The van der Waals surface area contributed by atoms with Crippen LogP contribution in [0.2, 0.25) is 0 Å². The van der Waals surface area contributed by atoms with Crippen LogP contribution in [0.5, 0.6) is 0 Å². The summed E-state index contributed by atoms with van der Waals surface area (Å²) in [7, 11) is -2.77. The molecule has 2 heterocycles. The van der Waals surface area contributed by atoms with Crippen LogP contribution >= 0.6 is 11.3 Å². The molecule has 0 saturated heterocycles. The van der Waals surface area contributed by atoms with E-state index in [1.165, 1.54) is 22.8 Å². The molecule has 25 heavy (non-hydrogen) atoms. The quantitative estimate of drug-likeness (QED) is 0.726. The van der Waals surface area contributed by atoms with E-state index in [1.54, 1.807) is 11.8 Å². The summed E-state index contributed by atoms with van der Waals surface area (Å²) in [5, 5.41) is 3.27. The number of carbonyl (C=O) groups is 1. The van der Waals surface area contributed by atoms with Gasteiger partial charge in [-0.05, 0) is 24.3 Å². The van der Waals surface area contributed by atoms with Crippen molar-refractivity contribution in [3.8, 4) is 0 Å². The lowest BCUT2D eigenvalue weighted by Gasteiger charge is -2.08. The van der Waals surface area contributed by atoms with Crippen LogP contribution in [0.3, 0.4) is 0 Å². The number of carbonyl (C=O) groups excluding carboxylic acids is 1. The highest BCUT2D eigenvalue weighted by molar-refractivity contribution is 7.90. The van der Waals surface area contributed by atoms with E-state index < -0.39 is 28.2 Å². The summed E-state index contributed by atoms with van der Waals surface area (Å²) in [6.45, 7) is -3.09. The van der Waals surface area contributed by atoms with E-state index in [2.05, 4.69) is 5.10 Å². The molecule has 1 aromatic carbocycles. The lowest BCUT2D eigenvalue weighted by molar-refractivity contribution is 0.0514. The topological polar surface area (TPSA) is 103 Å². The predicted molar refractivity (Wildman–Crippen MR) is 85.2 cm³/mol. The summed E-state index contributed by atoms with van der Waals surface area (Å²) in [6, 6.07) is 4.86. The molecule has 3 aromatic rings. The largest absolute Gasteiger partial charge is 0.333 e. The minimum Gasteiger partial charge on any atom is -0.302 e. The molecule has 0 aliphatic rings. The Labute approximate surface area is 143 Å². The van der Waals surface area contributed by atoms with Crippen LogP contribution < -0.4 is 9.60 Å². The molecule has 0 saturated carbocycles. The van der Waals surface area contributed by atoms with Gasteiger partial charge in [0.2, 0.25) is 0 Å². The van der Waals surface area contributed by atoms with Crippen LogP contribution in [0.1, 0.15) is 17.0 Å². The number of sulfonamides is 1. The van der Waals surface area contributed by atoms with Crippen LogP contribution in [-0.4, -0.2) is 28.7 Å². The molecular weight excluding hydrogens is 378 g/mol. The zero-order valence-corrected chi connectivity index (χ0v) is 14.1. The summed E-state index contributed by atoms with van der Waals surface area (Å²) in [4.78, 5) is 23.1. The number of aryl methyl sites for hydroxylation is 1. The van der Waals surface area contributed by atoms with Crippen LogP contribution in [-0.2, 0) is 17.1 Å². The number of fused-ring (bicyclic) bond motifs is 1. The second-order valence-electron chi connectivity index (χ2n) is 4.93. The van der Waals surface area contributed by atoms with E-state index in [1.807, 2.05) is 0 Å². The predicted octanol–water partition coefficient (Wildman–Crippen LogP) is 1.31. The van der Waals surface area contributed by atoms with Crippen molar-refractivity contribution in [2.45, 2.75) is 11.4 Å².